The molecule has 0 bridgehead atoms. The van der Waals surface area contributed by atoms with Crippen LogP contribution in [-0.2, 0) is 11.2 Å². The first-order chi connectivity index (χ1) is 10.4. The molecule has 0 saturated heterocycles. The second-order valence-corrected chi connectivity index (χ2v) is 6.31. The van der Waals surface area contributed by atoms with Crippen LogP contribution in [0.5, 0.6) is 0 Å². The van der Waals surface area contributed by atoms with Gasteiger partial charge in [0.05, 0.1) is 5.52 Å². The van der Waals surface area contributed by atoms with Crippen LogP contribution in [0.3, 0.4) is 0 Å². The number of carbonyl (C=O) groups excluding carboxylic acids is 1. The molecule has 0 saturated carbocycles. The highest BCUT2D eigenvalue weighted by atomic mass is 16.6. The maximum atomic E-state index is 11.8. The van der Waals surface area contributed by atoms with Crippen molar-refractivity contribution >= 4 is 17.0 Å². The number of nitrogens with zero attached hydrogens (tertiary/aromatic N) is 1. The van der Waals surface area contributed by atoms with E-state index in [-0.39, 0.29) is 6.04 Å². The van der Waals surface area contributed by atoms with Crippen LogP contribution in [0.4, 0.5) is 4.79 Å². The molecule has 1 heterocycles. The van der Waals surface area contributed by atoms with Gasteiger partial charge in [0, 0.05) is 24.2 Å². The van der Waals surface area contributed by atoms with Crippen molar-refractivity contribution in [2.75, 3.05) is 6.54 Å². The quantitative estimate of drug-likeness (QED) is 0.910. The van der Waals surface area contributed by atoms with E-state index in [1.165, 1.54) is 0 Å². The fraction of sp³-hybridized carbons (Fsp3) is 0.412. The Kier molecular flexibility index (Phi) is 4.98. The first kappa shape index (κ1) is 16.2. The second kappa shape index (κ2) is 6.75. The van der Waals surface area contributed by atoms with E-state index in [0.29, 0.717) is 13.0 Å². The molecular weight excluding hydrogens is 278 g/mol. The van der Waals surface area contributed by atoms with E-state index in [4.69, 9.17) is 10.5 Å². The number of amides is 1. The fourth-order valence-corrected chi connectivity index (χ4v) is 2.19. The van der Waals surface area contributed by atoms with Crippen molar-refractivity contribution in [3.63, 3.8) is 0 Å². The van der Waals surface area contributed by atoms with E-state index in [9.17, 15) is 4.79 Å². The molecule has 2 rings (SSSR count). The van der Waals surface area contributed by atoms with Gasteiger partial charge < -0.3 is 15.8 Å². The molecule has 1 unspecified atom stereocenters. The predicted molar refractivity (Wildman–Crippen MR) is 87.7 cm³/mol. The van der Waals surface area contributed by atoms with Gasteiger partial charge in [-0.25, -0.2) is 4.79 Å². The molecule has 0 aliphatic carbocycles. The summed E-state index contributed by atoms with van der Waals surface area (Å²) in [5.74, 6) is 0. The molecule has 0 radical (unpaired) electrons. The zero-order valence-electron chi connectivity index (χ0n) is 13.3. The van der Waals surface area contributed by atoms with Gasteiger partial charge in [0.1, 0.15) is 5.60 Å². The summed E-state index contributed by atoms with van der Waals surface area (Å²) in [4.78, 5) is 16.2. The maximum absolute atomic E-state index is 11.8. The summed E-state index contributed by atoms with van der Waals surface area (Å²) in [6.45, 7) is 5.84. The summed E-state index contributed by atoms with van der Waals surface area (Å²) >= 11 is 0. The highest BCUT2D eigenvalue weighted by molar-refractivity contribution is 5.78. The number of pyridine rings is 1. The largest absolute Gasteiger partial charge is 0.444 e. The molecule has 0 spiro atoms. The van der Waals surface area contributed by atoms with E-state index < -0.39 is 11.7 Å². The van der Waals surface area contributed by atoms with Gasteiger partial charge >= 0.3 is 6.09 Å². The number of nitrogens with one attached hydrogen (secondary N) is 1. The average molecular weight is 301 g/mol. The summed E-state index contributed by atoms with van der Waals surface area (Å²) < 4.78 is 5.26. The van der Waals surface area contributed by atoms with Gasteiger partial charge in [-0.3, -0.25) is 4.98 Å². The van der Waals surface area contributed by atoms with E-state index in [1.807, 2.05) is 51.1 Å². The molecule has 2 aromatic rings. The summed E-state index contributed by atoms with van der Waals surface area (Å²) in [6.07, 6.45) is 1.97. The molecule has 5 heteroatoms. The van der Waals surface area contributed by atoms with Crippen LogP contribution in [-0.4, -0.2) is 29.3 Å². The lowest BCUT2D eigenvalue weighted by Crippen LogP contribution is -2.44. The number of rotatable bonds is 4. The Labute approximate surface area is 130 Å². The molecular formula is C17H23N3O2. The van der Waals surface area contributed by atoms with Gasteiger partial charge in [0.15, 0.2) is 0 Å². The summed E-state index contributed by atoms with van der Waals surface area (Å²) in [7, 11) is 0. The van der Waals surface area contributed by atoms with Gasteiger partial charge in [-0.05, 0) is 44.9 Å². The van der Waals surface area contributed by atoms with E-state index in [1.54, 1.807) is 6.20 Å². The maximum Gasteiger partial charge on any atom is 0.407 e. The third kappa shape index (κ3) is 4.70. The van der Waals surface area contributed by atoms with Crippen LogP contribution in [0.2, 0.25) is 0 Å². The van der Waals surface area contributed by atoms with E-state index in [0.717, 1.165) is 16.5 Å². The van der Waals surface area contributed by atoms with Crippen LogP contribution in [0.15, 0.2) is 36.5 Å². The molecule has 0 fully saturated rings. The van der Waals surface area contributed by atoms with Crippen molar-refractivity contribution in [1.82, 2.24) is 10.3 Å². The normalized spacial score (nSPS) is 12.9. The summed E-state index contributed by atoms with van der Waals surface area (Å²) in [5, 5.41) is 3.91. The van der Waals surface area contributed by atoms with Crippen molar-refractivity contribution in [3.8, 4) is 0 Å². The minimum Gasteiger partial charge on any atom is -0.444 e. The zero-order valence-corrected chi connectivity index (χ0v) is 13.3. The van der Waals surface area contributed by atoms with Gasteiger partial charge in [0.25, 0.3) is 0 Å². The minimum atomic E-state index is -0.518. The SMILES string of the molecule is CC(C)(C)OC(=O)NC(CN)Cc1ccc2cccnc2c1. The van der Waals surface area contributed by atoms with Gasteiger partial charge in [-0.15, -0.1) is 0 Å². The highest BCUT2D eigenvalue weighted by Gasteiger charge is 2.19. The Hall–Kier alpha value is -2.14. The Morgan fingerprint density at radius 2 is 2.14 bits per heavy atom. The van der Waals surface area contributed by atoms with Crippen molar-refractivity contribution < 1.29 is 9.53 Å². The number of nitrogens with two attached hydrogens (primary N) is 1. The summed E-state index contributed by atoms with van der Waals surface area (Å²) in [6, 6.07) is 9.84. The Balaban J connectivity index is 2.03. The molecule has 3 N–H and O–H groups in total. The number of alkyl carbamates (subject to hydrolysis) is 1. The standard InChI is InChI=1S/C17H23N3O2/c1-17(2,3)22-16(21)20-14(11-18)9-12-6-7-13-5-4-8-19-15(13)10-12/h4-8,10,14H,9,11,18H2,1-3H3,(H,20,21). The van der Waals surface area contributed by atoms with Crippen LogP contribution < -0.4 is 11.1 Å². The smallest absolute Gasteiger partial charge is 0.407 e. The third-order valence-electron chi connectivity index (χ3n) is 3.16. The molecule has 22 heavy (non-hydrogen) atoms. The minimum absolute atomic E-state index is 0.170. The molecule has 0 aliphatic heterocycles. The fourth-order valence-electron chi connectivity index (χ4n) is 2.19. The van der Waals surface area contributed by atoms with Crippen molar-refractivity contribution in [1.29, 1.82) is 0 Å². The number of fused-ring (bicyclic) bond motifs is 1. The lowest BCUT2D eigenvalue weighted by molar-refractivity contribution is 0.0506. The van der Waals surface area contributed by atoms with Crippen molar-refractivity contribution in [2.45, 2.75) is 38.8 Å². The number of hydrogen-bond donors (Lipinski definition) is 2. The van der Waals surface area contributed by atoms with Crippen molar-refractivity contribution in [2.24, 2.45) is 5.73 Å². The number of carbonyl (C=O) groups is 1. The monoisotopic (exact) mass is 301 g/mol. The first-order valence-electron chi connectivity index (χ1n) is 7.40. The second-order valence-electron chi connectivity index (χ2n) is 6.31. The third-order valence-corrected chi connectivity index (χ3v) is 3.16. The van der Waals surface area contributed by atoms with Crippen molar-refractivity contribution in [3.05, 3.63) is 42.1 Å². The highest BCUT2D eigenvalue weighted by Crippen LogP contribution is 2.14. The Morgan fingerprint density at radius 1 is 1.36 bits per heavy atom. The number of hydrogen-bond acceptors (Lipinski definition) is 4. The molecule has 0 aliphatic rings. The average Bonchev–Trinajstić information content (AvgIpc) is 2.44. The Bertz CT molecular complexity index is 650. The van der Waals surface area contributed by atoms with E-state index >= 15 is 0 Å². The molecule has 5 nitrogen and oxygen atoms in total. The predicted octanol–water partition coefficient (Wildman–Crippen LogP) is 2.63. The molecule has 1 amide bonds. The first-order valence-corrected chi connectivity index (χ1v) is 7.40. The number of aromatic nitrogens is 1. The summed E-state index contributed by atoms with van der Waals surface area (Å²) in [5.41, 5.74) is 7.26. The van der Waals surface area contributed by atoms with Crippen LogP contribution in [0.1, 0.15) is 26.3 Å². The molecule has 1 aromatic heterocycles. The molecule has 1 atom stereocenters. The molecule has 118 valence electrons. The zero-order chi connectivity index (χ0) is 16.2. The van der Waals surface area contributed by atoms with E-state index in [2.05, 4.69) is 10.3 Å². The van der Waals surface area contributed by atoms with Crippen LogP contribution in [0, 0.1) is 0 Å². The van der Waals surface area contributed by atoms with Crippen LogP contribution in [0.25, 0.3) is 10.9 Å². The number of benzene rings is 1. The lowest BCUT2D eigenvalue weighted by Gasteiger charge is -2.23. The lowest BCUT2D eigenvalue weighted by atomic mass is 10.0. The van der Waals surface area contributed by atoms with Gasteiger partial charge in [-0.2, -0.15) is 0 Å². The topological polar surface area (TPSA) is 77.2 Å². The van der Waals surface area contributed by atoms with Gasteiger partial charge in [0.2, 0.25) is 0 Å². The molecule has 1 aromatic carbocycles. The van der Waals surface area contributed by atoms with Gasteiger partial charge in [-0.1, -0.05) is 18.2 Å². The number of ether oxygens (including phenoxy) is 1. The van der Waals surface area contributed by atoms with Crippen LogP contribution >= 0.6 is 0 Å². The Morgan fingerprint density at radius 3 is 2.82 bits per heavy atom.